The normalized spacial score (nSPS) is 12.9. The van der Waals surface area contributed by atoms with Crippen LogP contribution in [0, 0.1) is 0 Å². The third-order valence-electron chi connectivity index (χ3n) is 4.57. The Kier molecular flexibility index (Phi) is 5.59. The lowest BCUT2D eigenvalue weighted by Crippen LogP contribution is -2.00. The monoisotopic (exact) mass is 486 g/mol. The van der Waals surface area contributed by atoms with Gasteiger partial charge in [0.25, 0.3) is 0 Å². The number of carbonyl (C=O) groups is 2. The highest BCUT2D eigenvalue weighted by Gasteiger charge is 2.32. The first-order chi connectivity index (χ1) is 13.9. The van der Waals surface area contributed by atoms with E-state index in [2.05, 4.69) is 15.9 Å². The van der Waals surface area contributed by atoms with Crippen LogP contribution in [-0.2, 0) is 6.61 Å². The largest absolute Gasteiger partial charge is 0.488 e. The summed E-state index contributed by atoms with van der Waals surface area (Å²) < 4.78 is 6.53. The van der Waals surface area contributed by atoms with E-state index in [-0.39, 0.29) is 23.7 Å². The number of benzene rings is 3. The Bertz CT molecular complexity index is 1150. The highest BCUT2D eigenvalue weighted by molar-refractivity contribution is 9.10. The number of ketones is 2. The molecule has 4 rings (SSSR count). The van der Waals surface area contributed by atoms with Crippen molar-refractivity contribution in [1.29, 1.82) is 0 Å². The number of hydrogen-bond donors (Lipinski definition) is 0. The van der Waals surface area contributed by atoms with E-state index in [1.165, 1.54) is 0 Å². The maximum Gasteiger partial charge on any atom is 0.197 e. The van der Waals surface area contributed by atoms with E-state index in [0.717, 1.165) is 11.1 Å². The van der Waals surface area contributed by atoms with Gasteiger partial charge in [0, 0.05) is 26.7 Å². The van der Waals surface area contributed by atoms with Crippen LogP contribution in [0.2, 0.25) is 10.0 Å². The standard InChI is InChI=1S/C23H13BrCl2O3/c24-19-10-13(9-18-22(27)16-3-1-2-4-17(16)23(18)28)5-8-21(19)29-12-14-6-7-15(25)11-20(14)26/h1-11H,12H2. The van der Waals surface area contributed by atoms with Gasteiger partial charge >= 0.3 is 0 Å². The fourth-order valence-corrected chi connectivity index (χ4v) is 4.06. The molecule has 3 aromatic carbocycles. The summed E-state index contributed by atoms with van der Waals surface area (Å²) in [5.41, 5.74) is 2.59. The van der Waals surface area contributed by atoms with Crippen molar-refractivity contribution >= 4 is 56.8 Å². The number of Topliss-reactive ketones (excluding diaryl/α,β-unsaturated/α-hetero) is 2. The van der Waals surface area contributed by atoms with Gasteiger partial charge in [-0.3, -0.25) is 9.59 Å². The average molecular weight is 488 g/mol. The predicted molar refractivity (Wildman–Crippen MR) is 118 cm³/mol. The highest BCUT2D eigenvalue weighted by atomic mass is 79.9. The molecular formula is C23H13BrCl2O3. The fourth-order valence-electron chi connectivity index (χ4n) is 3.09. The van der Waals surface area contributed by atoms with Crippen molar-refractivity contribution in [2.45, 2.75) is 6.61 Å². The molecule has 6 heteroatoms. The first-order valence-electron chi connectivity index (χ1n) is 8.70. The Morgan fingerprint density at radius 2 is 1.59 bits per heavy atom. The minimum Gasteiger partial charge on any atom is -0.488 e. The second kappa shape index (κ2) is 8.15. The molecule has 0 aromatic heterocycles. The molecule has 0 amide bonds. The fraction of sp³-hybridized carbons (Fsp3) is 0.0435. The second-order valence-corrected chi connectivity index (χ2v) is 8.17. The quantitative estimate of drug-likeness (QED) is 0.300. The second-order valence-electron chi connectivity index (χ2n) is 6.48. The smallest absolute Gasteiger partial charge is 0.197 e. The highest BCUT2D eigenvalue weighted by Crippen LogP contribution is 2.31. The third-order valence-corrected chi connectivity index (χ3v) is 5.78. The average Bonchev–Trinajstić information content (AvgIpc) is 2.94. The molecule has 0 N–H and O–H groups in total. The van der Waals surface area contributed by atoms with Crippen LogP contribution in [0.5, 0.6) is 5.75 Å². The van der Waals surface area contributed by atoms with Crippen LogP contribution in [0.3, 0.4) is 0 Å². The van der Waals surface area contributed by atoms with Crippen molar-refractivity contribution in [3.05, 3.63) is 103 Å². The molecule has 0 radical (unpaired) electrons. The van der Waals surface area contributed by atoms with E-state index in [4.69, 9.17) is 27.9 Å². The van der Waals surface area contributed by atoms with E-state index in [0.29, 0.717) is 31.4 Å². The minimum atomic E-state index is -0.251. The predicted octanol–water partition coefficient (Wildman–Crippen LogP) is 6.80. The molecule has 0 bridgehead atoms. The Hall–Kier alpha value is -2.40. The van der Waals surface area contributed by atoms with Gasteiger partial charge in [0.15, 0.2) is 11.6 Å². The lowest BCUT2D eigenvalue weighted by atomic mass is 10.1. The van der Waals surface area contributed by atoms with Crippen LogP contribution in [0.4, 0.5) is 0 Å². The molecule has 3 aromatic rings. The number of allylic oxidation sites excluding steroid dienone is 1. The molecule has 0 atom stereocenters. The maximum atomic E-state index is 12.5. The van der Waals surface area contributed by atoms with E-state index in [1.807, 2.05) is 6.07 Å². The summed E-state index contributed by atoms with van der Waals surface area (Å²) in [6.45, 7) is 0.279. The Morgan fingerprint density at radius 1 is 0.897 bits per heavy atom. The van der Waals surface area contributed by atoms with Gasteiger partial charge in [-0.05, 0) is 51.8 Å². The van der Waals surface area contributed by atoms with Gasteiger partial charge in [-0.1, -0.05) is 59.6 Å². The van der Waals surface area contributed by atoms with Gasteiger partial charge in [0.05, 0.1) is 10.0 Å². The lowest BCUT2D eigenvalue weighted by Gasteiger charge is -2.10. The van der Waals surface area contributed by atoms with Crippen molar-refractivity contribution in [3.8, 4) is 5.75 Å². The summed E-state index contributed by atoms with van der Waals surface area (Å²) in [5, 5.41) is 1.10. The minimum absolute atomic E-state index is 0.166. The molecule has 1 aliphatic rings. The number of halogens is 3. The van der Waals surface area contributed by atoms with Gasteiger partial charge in [0.2, 0.25) is 0 Å². The van der Waals surface area contributed by atoms with Crippen molar-refractivity contribution in [2.75, 3.05) is 0 Å². The van der Waals surface area contributed by atoms with E-state index in [1.54, 1.807) is 60.7 Å². The molecule has 0 unspecified atom stereocenters. The van der Waals surface area contributed by atoms with Crippen LogP contribution in [-0.4, -0.2) is 11.6 Å². The molecule has 29 heavy (non-hydrogen) atoms. The Labute approximate surface area is 186 Å². The van der Waals surface area contributed by atoms with Gasteiger partial charge < -0.3 is 4.74 Å². The first-order valence-corrected chi connectivity index (χ1v) is 10.3. The molecule has 0 heterocycles. The van der Waals surface area contributed by atoms with Crippen molar-refractivity contribution in [2.24, 2.45) is 0 Å². The molecular weight excluding hydrogens is 475 g/mol. The molecule has 0 aliphatic heterocycles. The van der Waals surface area contributed by atoms with Crippen LogP contribution in [0.1, 0.15) is 31.8 Å². The van der Waals surface area contributed by atoms with E-state index < -0.39 is 0 Å². The Morgan fingerprint density at radius 3 is 2.21 bits per heavy atom. The third kappa shape index (κ3) is 4.01. The van der Waals surface area contributed by atoms with E-state index in [9.17, 15) is 9.59 Å². The summed E-state index contributed by atoms with van der Waals surface area (Å²) in [5.74, 6) is 0.115. The van der Waals surface area contributed by atoms with Gasteiger partial charge in [0.1, 0.15) is 12.4 Å². The molecule has 1 aliphatic carbocycles. The van der Waals surface area contributed by atoms with Crippen molar-refractivity contribution in [1.82, 2.24) is 0 Å². The van der Waals surface area contributed by atoms with Gasteiger partial charge in [-0.25, -0.2) is 0 Å². The lowest BCUT2D eigenvalue weighted by molar-refractivity contribution is 0.0990. The first kappa shape index (κ1) is 19.9. The number of rotatable bonds is 4. The summed E-state index contributed by atoms with van der Waals surface area (Å²) >= 11 is 15.6. The van der Waals surface area contributed by atoms with Crippen molar-refractivity contribution in [3.63, 3.8) is 0 Å². The van der Waals surface area contributed by atoms with Gasteiger partial charge in [-0.2, -0.15) is 0 Å². The number of hydrogen-bond acceptors (Lipinski definition) is 3. The van der Waals surface area contributed by atoms with Crippen LogP contribution < -0.4 is 4.74 Å². The summed E-state index contributed by atoms with van der Waals surface area (Å²) in [6, 6.07) is 17.4. The van der Waals surface area contributed by atoms with E-state index >= 15 is 0 Å². The molecule has 0 saturated carbocycles. The Balaban J connectivity index is 1.54. The zero-order valence-electron chi connectivity index (χ0n) is 14.9. The molecule has 3 nitrogen and oxygen atoms in total. The van der Waals surface area contributed by atoms with Gasteiger partial charge in [-0.15, -0.1) is 0 Å². The SMILES string of the molecule is O=C1C(=Cc2ccc(OCc3ccc(Cl)cc3Cl)c(Br)c2)C(=O)c2ccccc21. The summed E-state index contributed by atoms with van der Waals surface area (Å²) in [7, 11) is 0. The van der Waals surface area contributed by atoms with Crippen LogP contribution in [0.15, 0.2) is 70.7 Å². The summed E-state index contributed by atoms with van der Waals surface area (Å²) in [4.78, 5) is 25.1. The van der Waals surface area contributed by atoms with Crippen LogP contribution >= 0.6 is 39.1 Å². The maximum absolute atomic E-state index is 12.5. The summed E-state index contributed by atoms with van der Waals surface area (Å²) in [6.07, 6.45) is 1.61. The molecule has 0 saturated heterocycles. The molecule has 144 valence electrons. The zero-order valence-corrected chi connectivity index (χ0v) is 18.0. The van der Waals surface area contributed by atoms with Crippen LogP contribution in [0.25, 0.3) is 6.08 Å². The zero-order chi connectivity index (χ0) is 20.5. The molecule has 0 fully saturated rings. The number of fused-ring (bicyclic) bond motifs is 1. The number of carbonyl (C=O) groups excluding carboxylic acids is 2. The molecule has 0 spiro atoms. The van der Waals surface area contributed by atoms with Crippen molar-refractivity contribution < 1.29 is 14.3 Å². The topological polar surface area (TPSA) is 43.4 Å². The number of ether oxygens (including phenoxy) is 1.